The van der Waals surface area contributed by atoms with E-state index in [0.29, 0.717) is 22.7 Å². The van der Waals surface area contributed by atoms with Gasteiger partial charge >= 0.3 is 0 Å². The lowest BCUT2D eigenvalue weighted by molar-refractivity contribution is -0.385. The number of nitrogens with one attached hydrogen (secondary N) is 2. The predicted molar refractivity (Wildman–Crippen MR) is 104 cm³/mol. The second kappa shape index (κ2) is 7.95. The van der Waals surface area contributed by atoms with Crippen molar-refractivity contribution < 1.29 is 19.2 Å². The topological polar surface area (TPSA) is 114 Å². The maximum Gasteiger partial charge on any atom is 0.274 e. The highest BCUT2D eigenvalue weighted by Crippen LogP contribution is 2.33. The molecule has 1 aliphatic heterocycles. The van der Waals surface area contributed by atoms with Crippen molar-refractivity contribution in [3.05, 3.63) is 58.1 Å². The summed E-state index contributed by atoms with van der Waals surface area (Å²) in [5.74, 6) is -0.118. The minimum absolute atomic E-state index is 0.0317. The Balaban J connectivity index is 1.79. The van der Waals surface area contributed by atoms with Gasteiger partial charge in [-0.05, 0) is 25.1 Å². The van der Waals surface area contributed by atoms with Crippen LogP contribution < -0.4 is 20.3 Å². The summed E-state index contributed by atoms with van der Waals surface area (Å²) in [7, 11) is 1.52. The van der Waals surface area contributed by atoms with Crippen LogP contribution in [0.2, 0.25) is 0 Å². The molecule has 0 aliphatic carbocycles. The van der Waals surface area contributed by atoms with E-state index in [9.17, 15) is 19.7 Å². The van der Waals surface area contributed by atoms with E-state index in [2.05, 4.69) is 10.6 Å². The Bertz CT molecular complexity index is 930. The third kappa shape index (κ3) is 3.88. The molecule has 2 N–H and O–H groups in total. The zero-order chi connectivity index (χ0) is 20.3. The summed E-state index contributed by atoms with van der Waals surface area (Å²) >= 11 is 0. The van der Waals surface area contributed by atoms with Crippen LogP contribution in [0.15, 0.2) is 42.5 Å². The minimum atomic E-state index is -0.743. The molecule has 1 unspecified atom stereocenters. The average Bonchev–Trinajstić information content (AvgIpc) is 2.68. The van der Waals surface area contributed by atoms with Gasteiger partial charge in [-0.3, -0.25) is 19.7 Å². The van der Waals surface area contributed by atoms with E-state index in [4.69, 9.17) is 4.74 Å². The van der Waals surface area contributed by atoms with Gasteiger partial charge in [0.15, 0.2) is 6.10 Å². The Labute approximate surface area is 161 Å². The van der Waals surface area contributed by atoms with Gasteiger partial charge in [0.2, 0.25) is 5.91 Å². The molecule has 28 heavy (non-hydrogen) atoms. The van der Waals surface area contributed by atoms with Crippen LogP contribution in [0.5, 0.6) is 5.75 Å². The molecule has 0 saturated heterocycles. The highest BCUT2D eigenvalue weighted by atomic mass is 16.6. The molecule has 3 rings (SSSR count). The van der Waals surface area contributed by atoms with Crippen molar-refractivity contribution in [2.75, 3.05) is 30.4 Å². The largest absolute Gasteiger partial charge is 0.477 e. The number of hydrogen-bond acceptors (Lipinski definition) is 6. The molecule has 1 atom stereocenters. The Morgan fingerprint density at radius 2 is 2.00 bits per heavy atom. The fraction of sp³-hybridized carbons (Fsp3) is 0.263. The quantitative estimate of drug-likeness (QED) is 0.601. The lowest BCUT2D eigenvalue weighted by Crippen LogP contribution is -2.50. The maximum atomic E-state index is 12.6. The molecule has 146 valence electrons. The average molecular weight is 384 g/mol. The van der Waals surface area contributed by atoms with Gasteiger partial charge in [-0.1, -0.05) is 18.2 Å². The molecular formula is C19H20N4O5. The summed E-state index contributed by atoms with van der Waals surface area (Å²) < 4.78 is 5.72. The number of carbonyl (C=O) groups is 2. The SMILES string of the molecule is CNC(=O)C1CN(CC(=O)Nc2cccc([N+](=O)[O-])c2C)c2ccccc2O1. The van der Waals surface area contributed by atoms with Gasteiger partial charge in [-0.15, -0.1) is 0 Å². The Hall–Kier alpha value is -3.62. The third-order valence-corrected chi connectivity index (χ3v) is 4.51. The summed E-state index contributed by atoms with van der Waals surface area (Å²) in [6.45, 7) is 1.76. The number of fused-ring (bicyclic) bond motifs is 1. The molecule has 2 aromatic carbocycles. The van der Waals surface area contributed by atoms with Crippen molar-refractivity contribution in [1.29, 1.82) is 0 Å². The van der Waals surface area contributed by atoms with Crippen LogP contribution in [0.1, 0.15) is 5.56 Å². The molecule has 2 amide bonds. The molecule has 0 aromatic heterocycles. The molecule has 0 bridgehead atoms. The van der Waals surface area contributed by atoms with Gasteiger partial charge in [0, 0.05) is 13.1 Å². The summed E-state index contributed by atoms with van der Waals surface area (Å²) in [5.41, 5.74) is 1.40. The van der Waals surface area contributed by atoms with Crippen LogP contribution >= 0.6 is 0 Å². The standard InChI is InChI=1S/C19H20N4O5/c1-12-13(6-5-8-14(12)23(26)27)21-18(24)11-22-10-17(19(25)20-2)28-16-9-4-3-7-15(16)22/h3-9,17H,10-11H2,1-2H3,(H,20,25)(H,21,24). The van der Waals surface area contributed by atoms with Crippen LogP contribution in [-0.4, -0.2) is 43.0 Å². The summed E-state index contributed by atoms with van der Waals surface area (Å²) in [6, 6.07) is 11.7. The fourth-order valence-electron chi connectivity index (χ4n) is 3.07. The number of carbonyl (C=O) groups excluding carboxylic acids is 2. The summed E-state index contributed by atoms with van der Waals surface area (Å²) in [4.78, 5) is 37.0. The van der Waals surface area contributed by atoms with E-state index in [1.165, 1.54) is 19.2 Å². The maximum absolute atomic E-state index is 12.6. The van der Waals surface area contributed by atoms with Crippen molar-refractivity contribution in [2.24, 2.45) is 0 Å². The number of likely N-dealkylation sites (N-methyl/N-ethyl adjacent to an activating group) is 1. The minimum Gasteiger partial charge on any atom is -0.477 e. The predicted octanol–water partition coefficient (Wildman–Crippen LogP) is 1.86. The normalized spacial score (nSPS) is 15.2. The zero-order valence-electron chi connectivity index (χ0n) is 15.5. The van der Waals surface area contributed by atoms with Crippen molar-refractivity contribution in [3.8, 4) is 5.75 Å². The molecule has 0 fully saturated rings. The Kier molecular flexibility index (Phi) is 5.44. The highest BCUT2D eigenvalue weighted by Gasteiger charge is 2.31. The molecular weight excluding hydrogens is 364 g/mol. The monoisotopic (exact) mass is 384 g/mol. The molecule has 0 saturated carbocycles. The van der Waals surface area contributed by atoms with Crippen molar-refractivity contribution >= 4 is 28.9 Å². The Morgan fingerprint density at radius 3 is 2.71 bits per heavy atom. The number of hydrogen-bond donors (Lipinski definition) is 2. The number of para-hydroxylation sites is 2. The van der Waals surface area contributed by atoms with Crippen LogP contribution in [0.25, 0.3) is 0 Å². The van der Waals surface area contributed by atoms with Crippen LogP contribution in [0, 0.1) is 17.0 Å². The first kappa shape index (κ1) is 19.2. The first-order chi connectivity index (χ1) is 13.4. The van der Waals surface area contributed by atoms with Gasteiger partial charge < -0.3 is 20.3 Å². The first-order valence-corrected chi connectivity index (χ1v) is 8.66. The highest BCUT2D eigenvalue weighted by molar-refractivity contribution is 5.96. The van der Waals surface area contributed by atoms with Crippen molar-refractivity contribution in [3.63, 3.8) is 0 Å². The number of nitrogens with zero attached hydrogens (tertiary/aromatic N) is 2. The van der Waals surface area contributed by atoms with E-state index >= 15 is 0 Å². The lowest BCUT2D eigenvalue weighted by Gasteiger charge is -2.35. The molecule has 9 nitrogen and oxygen atoms in total. The second-order valence-electron chi connectivity index (χ2n) is 6.32. The van der Waals surface area contributed by atoms with E-state index in [1.807, 2.05) is 6.07 Å². The summed E-state index contributed by atoms with van der Waals surface area (Å²) in [5, 5.41) is 16.3. The number of nitro groups is 1. The van der Waals surface area contributed by atoms with E-state index in [0.717, 1.165) is 0 Å². The van der Waals surface area contributed by atoms with Gasteiger partial charge in [-0.25, -0.2) is 0 Å². The number of anilines is 2. The van der Waals surface area contributed by atoms with Crippen LogP contribution in [-0.2, 0) is 9.59 Å². The molecule has 1 heterocycles. The first-order valence-electron chi connectivity index (χ1n) is 8.66. The number of ether oxygens (including phenoxy) is 1. The van der Waals surface area contributed by atoms with Crippen molar-refractivity contribution in [2.45, 2.75) is 13.0 Å². The summed E-state index contributed by atoms with van der Waals surface area (Å²) in [6.07, 6.45) is -0.743. The Morgan fingerprint density at radius 1 is 1.25 bits per heavy atom. The smallest absolute Gasteiger partial charge is 0.274 e. The van der Waals surface area contributed by atoms with Crippen LogP contribution in [0.4, 0.5) is 17.1 Å². The lowest BCUT2D eigenvalue weighted by atomic mass is 10.1. The second-order valence-corrected chi connectivity index (χ2v) is 6.32. The molecule has 2 aromatic rings. The van der Waals surface area contributed by atoms with Crippen molar-refractivity contribution in [1.82, 2.24) is 5.32 Å². The van der Waals surface area contributed by atoms with Gasteiger partial charge in [0.25, 0.3) is 11.6 Å². The van der Waals surface area contributed by atoms with E-state index in [1.54, 1.807) is 36.1 Å². The fourth-order valence-corrected chi connectivity index (χ4v) is 3.07. The van der Waals surface area contributed by atoms with E-state index in [-0.39, 0.29) is 30.6 Å². The van der Waals surface area contributed by atoms with Crippen LogP contribution in [0.3, 0.4) is 0 Å². The zero-order valence-corrected chi connectivity index (χ0v) is 15.5. The number of nitro benzene ring substituents is 1. The van der Waals surface area contributed by atoms with Gasteiger partial charge in [0.05, 0.1) is 35.0 Å². The number of amides is 2. The number of rotatable bonds is 5. The molecule has 0 radical (unpaired) electrons. The van der Waals surface area contributed by atoms with E-state index < -0.39 is 11.0 Å². The third-order valence-electron chi connectivity index (χ3n) is 4.51. The molecule has 1 aliphatic rings. The molecule has 0 spiro atoms. The van der Waals surface area contributed by atoms with Gasteiger partial charge in [-0.2, -0.15) is 0 Å². The molecule has 9 heteroatoms. The van der Waals surface area contributed by atoms with Gasteiger partial charge in [0.1, 0.15) is 5.75 Å². The number of benzene rings is 2.